The van der Waals surface area contributed by atoms with Crippen molar-refractivity contribution in [1.29, 1.82) is 0 Å². The van der Waals surface area contributed by atoms with Gasteiger partial charge in [-0.2, -0.15) is 0 Å². The van der Waals surface area contributed by atoms with E-state index in [-0.39, 0.29) is 16.6 Å². The monoisotopic (exact) mass is 436 g/mol. The van der Waals surface area contributed by atoms with E-state index in [4.69, 9.17) is 10.1 Å². The van der Waals surface area contributed by atoms with Crippen LogP contribution < -0.4 is 10.6 Å². The number of aromatic carboxylic acids is 1. The lowest BCUT2D eigenvalue weighted by atomic mass is 9.80. The first-order valence-electron chi connectivity index (χ1n) is 10.4. The molecule has 0 atom stereocenters. The van der Waals surface area contributed by atoms with E-state index in [9.17, 15) is 4.79 Å². The smallest absolute Gasteiger partial charge is 0.335 e. The van der Waals surface area contributed by atoms with Crippen molar-refractivity contribution in [3.05, 3.63) is 54.2 Å². The van der Waals surface area contributed by atoms with Crippen molar-refractivity contribution in [2.75, 3.05) is 5.32 Å². The predicted octanol–water partition coefficient (Wildman–Crippen LogP) is 5.29. The summed E-state index contributed by atoms with van der Waals surface area (Å²) in [6.45, 7) is 8.93. The maximum absolute atomic E-state index is 11.1. The molecule has 7 heteroatoms. The highest BCUT2D eigenvalue weighted by Gasteiger charge is 2.37. The maximum atomic E-state index is 11.1. The van der Waals surface area contributed by atoms with Gasteiger partial charge in [0.05, 0.1) is 16.1 Å². The summed E-state index contributed by atoms with van der Waals surface area (Å²) in [5.41, 5.74) is 2.26. The van der Waals surface area contributed by atoms with Crippen LogP contribution in [0.3, 0.4) is 0 Å². The standard InChI is InChI=1S/C24H28N4O2S/c1-23(2)13-17(14-24(3,4)28-23)26-22-25-12-11-18(27-22)20-10-9-19(31-20)15-5-7-16(8-6-15)21(29)30/h5-12,17,28H,13-14H2,1-4H3,(H,29,30)(H,25,26,27). The molecule has 0 amide bonds. The van der Waals surface area contributed by atoms with Gasteiger partial charge in [0.25, 0.3) is 0 Å². The number of piperidine rings is 1. The molecule has 0 bridgehead atoms. The number of thiophene rings is 1. The number of nitrogens with zero attached hydrogens (tertiary/aromatic N) is 2. The fourth-order valence-electron chi connectivity index (χ4n) is 4.58. The molecule has 1 aliphatic rings. The summed E-state index contributed by atoms with van der Waals surface area (Å²) in [5, 5.41) is 16.3. The zero-order chi connectivity index (χ0) is 22.2. The third kappa shape index (κ3) is 5.11. The van der Waals surface area contributed by atoms with Crippen LogP contribution in [0.5, 0.6) is 0 Å². The number of benzene rings is 1. The number of anilines is 1. The highest BCUT2D eigenvalue weighted by Crippen LogP contribution is 2.34. The Balaban J connectivity index is 1.52. The lowest BCUT2D eigenvalue weighted by molar-refractivity contribution is 0.0697. The summed E-state index contributed by atoms with van der Waals surface area (Å²) >= 11 is 1.63. The quantitative estimate of drug-likeness (QED) is 0.504. The first-order valence-corrected chi connectivity index (χ1v) is 11.2. The number of aromatic nitrogens is 2. The first kappa shape index (κ1) is 21.5. The Labute approximate surface area is 186 Å². The van der Waals surface area contributed by atoms with E-state index in [1.165, 1.54) is 0 Å². The van der Waals surface area contributed by atoms with E-state index < -0.39 is 5.97 Å². The topological polar surface area (TPSA) is 87.1 Å². The molecule has 0 saturated carbocycles. The SMILES string of the molecule is CC1(C)CC(Nc2nccc(-c3ccc(-c4ccc(C(=O)O)cc4)s3)n2)CC(C)(C)N1. The van der Waals surface area contributed by atoms with Crippen LogP contribution in [0.4, 0.5) is 5.95 Å². The van der Waals surface area contributed by atoms with Crippen LogP contribution in [0, 0.1) is 0 Å². The van der Waals surface area contributed by atoms with E-state index in [1.807, 2.05) is 30.3 Å². The Morgan fingerprint density at radius 1 is 1.03 bits per heavy atom. The summed E-state index contributed by atoms with van der Waals surface area (Å²) in [5.74, 6) is -0.267. The van der Waals surface area contributed by atoms with Crippen molar-refractivity contribution in [2.45, 2.75) is 57.7 Å². The van der Waals surface area contributed by atoms with E-state index in [1.54, 1.807) is 29.7 Å². The summed E-state index contributed by atoms with van der Waals surface area (Å²) in [7, 11) is 0. The Morgan fingerprint density at radius 3 is 2.32 bits per heavy atom. The van der Waals surface area contributed by atoms with Gasteiger partial charge in [-0.3, -0.25) is 0 Å². The van der Waals surface area contributed by atoms with Crippen LogP contribution in [-0.4, -0.2) is 38.2 Å². The highest BCUT2D eigenvalue weighted by molar-refractivity contribution is 7.18. The molecule has 6 nitrogen and oxygen atoms in total. The molecular weight excluding hydrogens is 408 g/mol. The Bertz CT molecular complexity index is 1070. The molecule has 0 unspecified atom stereocenters. The Morgan fingerprint density at radius 2 is 1.68 bits per heavy atom. The molecule has 1 saturated heterocycles. The van der Waals surface area contributed by atoms with Gasteiger partial charge in [-0.25, -0.2) is 14.8 Å². The van der Waals surface area contributed by atoms with Crippen LogP contribution in [0.2, 0.25) is 0 Å². The van der Waals surface area contributed by atoms with Crippen molar-refractivity contribution in [3.63, 3.8) is 0 Å². The van der Waals surface area contributed by atoms with Crippen molar-refractivity contribution in [2.24, 2.45) is 0 Å². The van der Waals surface area contributed by atoms with Gasteiger partial charge in [0.1, 0.15) is 0 Å². The second-order valence-electron chi connectivity index (χ2n) is 9.45. The summed E-state index contributed by atoms with van der Waals surface area (Å²) in [6.07, 6.45) is 3.79. The molecule has 2 aromatic heterocycles. The summed E-state index contributed by atoms with van der Waals surface area (Å²) in [4.78, 5) is 22.4. The second kappa shape index (κ2) is 8.05. The number of hydrogen-bond acceptors (Lipinski definition) is 6. The second-order valence-corrected chi connectivity index (χ2v) is 10.5. The van der Waals surface area contributed by atoms with Gasteiger partial charge >= 0.3 is 5.97 Å². The molecule has 1 aromatic carbocycles. The summed E-state index contributed by atoms with van der Waals surface area (Å²) in [6, 6.07) is 13.3. The minimum Gasteiger partial charge on any atom is -0.478 e. The van der Waals surface area contributed by atoms with Gasteiger partial charge in [-0.05, 0) is 76.4 Å². The number of rotatable bonds is 5. The van der Waals surface area contributed by atoms with Crippen molar-refractivity contribution in [1.82, 2.24) is 15.3 Å². The fourth-order valence-corrected chi connectivity index (χ4v) is 5.56. The van der Waals surface area contributed by atoms with E-state index >= 15 is 0 Å². The third-order valence-corrected chi connectivity index (χ3v) is 6.61. The van der Waals surface area contributed by atoms with E-state index in [0.717, 1.165) is 33.9 Å². The molecule has 1 aliphatic heterocycles. The molecule has 31 heavy (non-hydrogen) atoms. The molecule has 0 radical (unpaired) electrons. The Hall–Kier alpha value is -2.77. The van der Waals surface area contributed by atoms with Crippen molar-refractivity contribution in [3.8, 4) is 21.0 Å². The average molecular weight is 437 g/mol. The number of carboxylic acids is 1. The maximum Gasteiger partial charge on any atom is 0.335 e. The zero-order valence-electron chi connectivity index (χ0n) is 18.3. The predicted molar refractivity (Wildman–Crippen MR) is 126 cm³/mol. The van der Waals surface area contributed by atoms with Crippen LogP contribution in [-0.2, 0) is 0 Å². The minimum absolute atomic E-state index is 0.0515. The van der Waals surface area contributed by atoms with E-state index in [2.05, 4.69) is 43.3 Å². The van der Waals surface area contributed by atoms with Gasteiger partial charge in [0, 0.05) is 28.2 Å². The van der Waals surface area contributed by atoms with Gasteiger partial charge in [0.2, 0.25) is 5.95 Å². The minimum atomic E-state index is -0.917. The van der Waals surface area contributed by atoms with E-state index in [0.29, 0.717) is 12.0 Å². The number of hydrogen-bond donors (Lipinski definition) is 3. The molecule has 3 aromatic rings. The van der Waals surface area contributed by atoms with Crippen LogP contribution >= 0.6 is 11.3 Å². The molecule has 4 rings (SSSR count). The van der Waals surface area contributed by atoms with Crippen LogP contribution in [0.25, 0.3) is 21.0 Å². The molecular formula is C24H28N4O2S. The molecule has 1 fully saturated rings. The average Bonchev–Trinajstić information content (AvgIpc) is 3.16. The first-order chi connectivity index (χ1) is 14.6. The Kier molecular flexibility index (Phi) is 5.58. The largest absolute Gasteiger partial charge is 0.478 e. The molecule has 162 valence electrons. The molecule has 3 heterocycles. The number of carboxylic acid groups (broad SMARTS) is 1. The van der Waals surface area contributed by atoms with Crippen molar-refractivity contribution < 1.29 is 9.90 Å². The number of carbonyl (C=O) groups is 1. The van der Waals surface area contributed by atoms with Crippen LogP contribution in [0.15, 0.2) is 48.7 Å². The fraction of sp³-hybridized carbons (Fsp3) is 0.375. The summed E-state index contributed by atoms with van der Waals surface area (Å²) < 4.78 is 0. The van der Waals surface area contributed by atoms with Gasteiger partial charge < -0.3 is 15.7 Å². The molecule has 3 N–H and O–H groups in total. The third-order valence-electron chi connectivity index (χ3n) is 5.45. The lowest BCUT2D eigenvalue weighted by Gasteiger charge is -2.46. The lowest BCUT2D eigenvalue weighted by Crippen LogP contribution is -2.60. The van der Waals surface area contributed by atoms with Gasteiger partial charge in [0.15, 0.2) is 0 Å². The van der Waals surface area contributed by atoms with Gasteiger partial charge in [-0.15, -0.1) is 11.3 Å². The molecule has 0 spiro atoms. The van der Waals surface area contributed by atoms with Gasteiger partial charge in [-0.1, -0.05) is 12.1 Å². The zero-order valence-corrected chi connectivity index (χ0v) is 19.1. The van der Waals surface area contributed by atoms with Crippen molar-refractivity contribution >= 4 is 23.3 Å². The number of nitrogens with one attached hydrogen (secondary N) is 2. The normalized spacial score (nSPS) is 17.9. The molecule has 0 aliphatic carbocycles. The highest BCUT2D eigenvalue weighted by atomic mass is 32.1. The van der Waals surface area contributed by atoms with Crippen LogP contribution in [0.1, 0.15) is 50.9 Å².